The van der Waals surface area contributed by atoms with Crippen molar-refractivity contribution in [3.05, 3.63) is 51.0 Å². The van der Waals surface area contributed by atoms with Gasteiger partial charge < -0.3 is 10.4 Å². The van der Waals surface area contributed by atoms with E-state index in [4.69, 9.17) is 10.4 Å². The minimum atomic E-state index is -0.964. The first-order valence-corrected chi connectivity index (χ1v) is 6.59. The predicted octanol–water partition coefficient (Wildman–Crippen LogP) is 3.38. The fourth-order valence-electron chi connectivity index (χ4n) is 1.72. The molecular weight excluding hydrogens is 279 g/mol. The summed E-state index contributed by atoms with van der Waals surface area (Å²) in [6.45, 7) is 2.15. The normalized spacial score (nSPS) is 10.1. The second kappa shape index (κ2) is 5.72. The Labute approximate surface area is 119 Å². The standard InChI is InChI=1S/C14H11FN2O2S/c1-8-10(5-13(20-8)14(18)19)7-17-12-3-2-9(6-16)4-11(12)15/h2-5,17H,7H2,1H3,(H,18,19). The number of aromatic carboxylic acids is 1. The number of benzene rings is 1. The average molecular weight is 290 g/mol. The number of nitriles is 1. The summed E-state index contributed by atoms with van der Waals surface area (Å²) >= 11 is 1.19. The molecule has 0 spiro atoms. The van der Waals surface area contributed by atoms with Crippen molar-refractivity contribution in [2.24, 2.45) is 0 Å². The second-order valence-corrected chi connectivity index (χ2v) is 5.41. The van der Waals surface area contributed by atoms with Crippen LogP contribution in [0.3, 0.4) is 0 Å². The van der Waals surface area contributed by atoms with E-state index in [1.165, 1.54) is 23.5 Å². The fourth-order valence-corrected chi connectivity index (χ4v) is 2.60. The molecule has 2 rings (SSSR count). The second-order valence-electron chi connectivity index (χ2n) is 4.16. The average Bonchev–Trinajstić information content (AvgIpc) is 2.79. The lowest BCUT2D eigenvalue weighted by Crippen LogP contribution is -2.02. The van der Waals surface area contributed by atoms with E-state index < -0.39 is 11.8 Å². The molecule has 4 nitrogen and oxygen atoms in total. The molecule has 1 aromatic heterocycles. The van der Waals surface area contributed by atoms with E-state index in [1.54, 1.807) is 6.07 Å². The van der Waals surface area contributed by atoms with Gasteiger partial charge in [0.25, 0.3) is 0 Å². The van der Waals surface area contributed by atoms with Gasteiger partial charge in [-0.25, -0.2) is 9.18 Å². The first-order valence-electron chi connectivity index (χ1n) is 5.77. The number of carboxylic acid groups (broad SMARTS) is 1. The van der Waals surface area contributed by atoms with E-state index >= 15 is 0 Å². The molecule has 0 aliphatic rings. The first-order chi connectivity index (χ1) is 9.51. The van der Waals surface area contributed by atoms with Crippen LogP contribution in [0.5, 0.6) is 0 Å². The molecule has 6 heteroatoms. The number of halogens is 1. The molecule has 0 radical (unpaired) electrons. The van der Waals surface area contributed by atoms with Crippen molar-refractivity contribution in [3.63, 3.8) is 0 Å². The van der Waals surface area contributed by atoms with Crippen molar-refractivity contribution in [1.82, 2.24) is 0 Å². The third-order valence-corrected chi connectivity index (χ3v) is 3.88. The number of anilines is 1. The maximum atomic E-state index is 13.7. The summed E-state index contributed by atoms with van der Waals surface area (Å²) in [5, 5.41) is 20.5. The Morgan fingerprint density at radius 2 is 2.25 bits per heavy atom. The highest BCUT2D eigenvalue weighted by Crippen LogP contribution is 2.23. The molecule has 0 unspecified atom stereocenters. The van der Waals surface area contributed by atoms with Crippen LogP contribution in [0.1, 0.15) is 25.7 Å². The zero-order valence-corrected chi connectivity index (χ0v) is 11.4. The Bertz CT molecular complexity index is 704. The van der Waals surface area contributed by atoms with Crippen molar-refractivity contribution in [2.45, 2.75) is 13.5 Å². The number of carbonyl (C=O) groups is 1. The van der Waals surface area contributed by atoms with Gasteiger partial charge in [0, 0.05) is 11.4 Å². The zero-order chi connectivity index (χ0) is 14.7. The molecule has 2 N–H and O–H groups in total. The van der Waals surface area contributed by atoms with Crippen LogP contribution in [0, 0.1) is 24.1 Å². The van der Waals surface area contributed by atoms with Gasteiger partial charge in [-0.3, -0.25) is 0 Å². The highest BCUT2D eigenvalue weighted by Gasteiger charge is 2.11. The number of hydrogen-bond acceptors (Lipinski definition) is 4. The van der Waals surface area contributed by atoms with Crippen LogP contribution in [0.25, 0.3) is 0 Å². The summed E-state index contributed by atoms with van der Waals surface area (Å²) < 4.78 is 13.7. The molecule has 20 heavy (non-hydrogen) atoms. The minimum Gasteiger partial charge on any atom is -0.477 e. The molecule has 0 saturated carbocycles. The van der Waals surface area contributed by atoms with Gasteiger partial charge in [0.05, 0.1) is 17.3 Å². The summed E-state index contributed by atoms with van der Waals surface area (Å²) in [5.74, 6) is -1.47. The van der Waals surface area contributed by atoms with Gasteiger partial charge in [0.15, 0.2) is 0 Å². The van der Waals surface area contributed by atoms with Crippen molar-refractivity contribution in [3.8, 4) is 6.07 Å². The molecule has 0 fully saturated rings. The van der Waals surface area contributed by atoms with Gasteiger partial charge in [0.1, 0.15) is 10.7 Å². The lowest BCUT2D eigenvalue weighted by Gasteiger charge is -2.07. The molecule has 1 aromatic carbocycles. The molecular formula is C14H11FN2O2S. The molecule has 0 amide bonds. The highest BCUT2D eigenvalue weighted by atomic mass is 32.1. The third-order valence-electron chi connectivity index (χ3n) is 2.80. The number of rotatable bonds is 4. The van der Waals surface area contributed by atoms with E-state index in [0.717, 1.165) is 16.5 Å². The van der Waals surface area contributed by atoms with Gasteiger partial charge in [0.2, 0.25) is 0 Å². The quantitative estimate of drug-likeness (QED) is 0.905. The minimum absolute atomic E-state index is 0.257. The summed E-state index contributed by atoms with van der Waals surface area (Å²) in [7, 11) is 0. The lowest BCUT2D eigenvalue weighted by atomic mass is 10.2. The zero-order valence-electron chi connectivity index (χ0n) is 10.6. The molecule has 0 bridgehead atoms. The SMILES string of the molecule is Cc1sc(C(=O)O)cc1CNc1ccc(C#N)cc1F. The van der Waals surface area contributed by atoms with Crippen LogP contribution in [0.2, 0.25) is 0 Å². The van der Waals surface area contributed by atoms with Crippen molar-refractivity contribution >= 4 is 23.0 Å². The molecule has 1 heterocycles. The lowest BCUT2D eigenvalue weighted by molar-refractivity contribution is 0.0702. The highest BCUT2D eigenvalue weighted by molar-refractivity contribution is 7.14. The van der Waals surface area contributed by atoms with E-state index in [2.05, 4.69) is 5.32 Å². The smallest absolute Gasteiger partial charge is 0.345 e. The molecule has 0 saturated heterocycles. The topological polar surface area (TPSA) is 73.1 Å². The molecule has 0 atom stereocenters. The Morgan fingerprint density at radius 1 is 1.50 bits per heavy atom. The van der Waals surface area contributed by atoms with Gasteiger partial charge >= 0.3 is 5.97 Å². The Hall–Kier alpha value is -2.39. The van der Waals surface area contributed by atoms with Crippen molar-refractivity contribution in [2.75, 3.05) is 5.32 Å². The maximum Gasteiger partial charge on any atom is 0.345 e. The van der Waals surface area contributed by atoms with Gasteiger partial charge in [-0.15, -0.1) is 11.3 Å². The van der Waals surface area contributed by atoms with Crippen LogP contribution in [-0.2, 0) is 6.54 Å². The van der Waals surface area contributed by atoms with Crippen LogP contribution >= 0.6 is 11.3 Å². The van der Waals surface area contributed by atoms with Crippen LogP contribution in [0.15, 0.2) is 24.3 Å². The molecule has 0 aliphatic carbocycles. The fraction of sp³-hybridized carbons (Fsp3) is 0.143. The van der Waals surface area contributed by atoms with Crippen LogP contribution < -0.4 is 5.32 Å². The number of hydrogen-bond donors (Lipinski definition) is 2. The Morgan fingerprint density at radius 3 is 2.80 bits per heavy atom. The maximum absolute atomic E-state index is 13.7. The summed E-state index contributed by atoms with van der Waals surface area (Å²) in [5.41, 5.74) is 1.36. The van der Waals surface area contributed by atoms with Gasteiger partial charge in [-0.1, -0.05) is 0 Å². The summed E-state index contributed by atoms with van der Waals surface area (Å²) in [6, 6.07) is 7.62. The number of aryl methyl sites for hydroxylation is 1. The molecule has 102 valence electrons. The summed E-state index contributed by atoms with van der Waals surface area (Å²) in [6.07, 6.45) is 0. The Balaban J connectivity index is 2.13. The number of nitrogens with zero attached hydrogens (tertiary/aromatic N) is 1. The number of thiophene rings is 1. The molecule has 0 aliphatic heterocycles. The Kier molecular flexibility index (Phi) is 4.01. The van der Waals surface area contributed by atoms with E-state index in [-0.39, 0.29) is 16.1 Å². The monoisotopic (exact) mass is 290 g/mol. The van der Waals surface area contributed by atoms with E-state index in [0.29, 0.717) is 6.54 Å². The number of nitrogens with one attached hydrogen (secondary N) is 1. The molecule has 2 aromatic rings. The number of carboxylic acids is 1. The third kappa shape index (κ3) is 2.95. The van der Waals surface area contributed by atoms with Crippen LogP contribution in [0.4, 0.5) is 10.1 Å². The van der Waals surface area contributed by atoms with Crippen molar-refractivity contribution < 1.29 is 14.3 Å². The van der Waals surface area contributed by atoms with E-state index in [1.807, 2.05) is 13.0 Å². The largest absolute Gasteiger partial charge is 0.477 e. The van der Waals surface area contributed by atoms with Crippen LogP contribution in [-0.4, -0.2) is 11.1 Å². The summed E-state index contributed by atoms with van der Waals surface area (Å²) in [4.78, 5) is 12.0. The van der Waals surface area contributed by atoms with Crippen molar-refractivity contribution in [1.29, 1.82) is 5.26 Å². The van der Waals surface area contributed by atoms with Gasteiger partial charge in [-0.05, 0) is 36.8 Å². The van der Waals surface area contributed by atoms with Gasteiger partial charge in [-0.2, -0.15) is 5.26 Å². The predicted molar refractivity (Wildman–Crippen MR) is 74.5 cm³/mol. The first kappa shape index (κ1) is 14.0. The van der Waals surface area contributed by atoms with E-state index in [9.17, 15) is 9.18 Å².